The van der Waals surface area contributed by atoms with Gasteiger partial charge in [0.2, 0.25) is 5.95 Å². The van der Waals surface area contributed by atoms with Crippen molar-refractivity contribution in [3.05, 3.63) is 16.9 Å². The Morgan fingerprint density at radius 3 is 1.92 bits per heavy atom. The molecule has 0 atom stereocenters. The van der Waals surface area contributed by atoms with Crippen molar-refractivity contribution in [3.8, 4) is 0 Å². The SMILES string of the molecule is CC(C)(C)OC(=O)N(C(=O)OC(C)(C)C)c1ncc(Cl)c(C=O)n1. The molecule has 2 amide bonds. The zero-order valence-electron chi connectivity index (χ0n) is 14.4. The van der Waals surface area contributed by atoms with Gasteiger partial charge in [-0.2, -0.15) is 0 Å². The summed E-state index contributed by atoms with van der Waals surface area (Å²) >= 11 is 5.77. The summed E-state index contributed by atoms with van der Waals surface area (Å²) < 4.78 is 10.4. The third kappa shape index (κ3) is 5.77. The van der Waals surface area contributed by atoms with E-state index in [2.05, 4.69) is 9.97 Å². The molecule has 0 bridgehead atoms. The van der Waals surface area contributed by atoms with Gasteiger partial charge in [0.05, 0.1) is 11.2 Å². The number of aromatic nitrogens is 2. The molecule has 8 nitrogen and oxygen atoms in total. The Morgan fingerprint density at radius 1 is 1.08 bits per heavy atom. The molecule has 0 radical (unpaired) electrons. The highest BCUT2D eigenvalue weighted by Gasteiger charge is 2.34. The number of halogens is 1. The summed E-state index contributed by atoms with van der Waals surface area (Å²) in [4.78, 5) is 43.9. The van der Waals surface area contributed by atoms with Gasteiger partial charge in [0.15, 0.2) is 6.29 Å². The van der Waals surface area contributed by atoms with Crippen LogP contribution >= 0.6 is 11.6 Å². The molecule has 0 spiro atoms. The molecular formula is C15H20ClN3O5. The quantitative estimate of drug-likeness (QED) is 0.745. The summed E-state index contributed by atoms with van der Waals surface area (Å²) in [5.41, 5.74) is -1.90. The molecule has 0 fully saturated rings. The predicted octanol–water partition coefficient (Wildman–Crippen LogP) is 3.62. The van der Waals surface area contributed by atoms with Gasteiger partial charge < -0.3 is 9.47 Å². The van der Waals surface area contributed by atoms with Crippen LogP contribution < -0.4 is 4.90 Å². The van der Waals surface area contributed by atoms with Crippen LogP contribution in [0.4, 0.5) is 15.5 Å². The third-order valence-corrected chi connectivity index (χ3v) is 2.51. The first kappa shape index (κ1) is 19.8. The van der Waals surface area contributed by atoms with Gasteiger partial charge in [-0.1, -0.05) is 11.6 Å². The number of hydrogen-bond donors (Lipinski definition) is 0. The van der Waals surface area contributed by atoms with E-state index in [9.17, 15) is 14.4 Å². The van der Waals surface area contributed by atoms with Crippen molar-refractivity contribution in [1.29, 1.82) is 0 Å². The number of carbonyl (C=O) groups excluding carboxylic acids is 3. The fourth-order valence-electron chi connectivity index (χ4n) is 1.41. The number of hydrogen-bond acceptors (Lipinski definition) is 7. The number of ether oxygens (including phenoxy) is 2. The standard InChI is InChI=1S/C15H20ClN3O5/c1-14(2,3)23-12(21)19(13(22)24-15(4,5)6)11-17-7-9(16)10(8-20)18-11/h7-8H,1-6H3. The van der Waals surface area contributed by atoms with Crippen LogP contribution in [0.25, 0.3) is 0 Å². The average molecular weight is 358 g/mol. The maximum atomic E-state index is 12.4. The van der Waals surface area contributed by atoms with Crippen molar-refractivity contribution in [2.24, 2.45) is 0 Å². The summed E-state index contributed by atoms with van der Waals surface area (Å²) in [6.07, 6.45) is -0.572. The molecule has 0 unspecified atom stereocenters. The fourth-order valence-corrected chi connectivity index (χ4v) is 1.55. The molecule has 1 aromatic rings. The molecule has 0 aliphatic heterocycles. The highest BCUT2D eigenvalue weighted by Crippen LogP contribution is 2.20. The lowest BCUT2D eigenvalue weighted by Crippen LogP contribution is -2.44. The monoisotopic (exact) mass is 357 g/mol. The van der Waals surface area contributed by atoms with Crippen LogP contribution in [0.15, 0.2) is 6.20 Å². The fraction of sp³-hybridized carbons (Fsp3) is 0.533. The molecule has 1 aromatic heterocycles. The van der Waals surface area contributed by atoms with Gasteiger partial charge in [-0.05, 0) is 41.5 Å². The Kier molecular flexibility index (Phi) is 5.89. The van der Waals surface area contributed by atoms with Crippen LogP contribution in [0.5, 0.6) is 0 Å². The molecular weight excluding hydrogens is 338 g/mol. The Balaban J connectivity index is 3.30. The molecule has 0 saturated heterocycles. The number of rotatable bonds is 2. The Hall–Kier alpha value is -2.22. The van der Waals surface area contributed by atoms with Crippen molar-refractivity contribution in [2.45, 2.75) is 52.7 Å². The summed E-state index contributed by atoms with van der Waals surface area (Å²) in [6, 6.07) is 0. The van der Waals surface area contributed by atoms with Crippen LogP contribution in [0.2, 0.25) is 5.02 Å². The maximum absolute atomic E-state index is 12.4. The lowest BCUT2D eigenvalue weighted by atomic mass is 10.2. The van der Waals surface area contributed by atoms with E-state index in [1.807, 2.05) is 0 Å². The van der Waals surface area contributed by atoms with Crippen molar-refractivity contribution < 1.29 is 23.9 Å². The Bertz CT molecular complexity index is 621. The molecule has 0 aliphatic carbocycles. The van der Waals surface area contributed by atoms with Crippen LogP contribution in [-0.4, -0.2) is 39.6 Å². The topological polar surface area (TPSA) is 98.7 Å². The Labute approximate surface area is 145 Å². The number of anilines is 1. The highest BCUT2D eigenvalue weighted by atomic mass is 35.5. The molecule has 0 N–H and O–H groups in total. The number of aldehydes is 1. The molecule has 0 saturated carbocycles. The molecule has 24 heavy (non-hydrogen) atoms. The number of imide groups is 1. The van der Waals surface area contributed by atoms with Gasteiger partial charge >= 0.3 is 12.2 Å². The molecule has 1 heterocycles. The second kappa shape index (κ2) is 7.12. The molecule has 9 heteroatoms. The molecule has 1 rings (SSSR count). The highest BCUT2D eigenvalue weighted by molar-refractivity contribution is 6.32. The van der Waals surface area contributed by atoms with Gasteiger partial charge in [0.25, 0.3) is 0 Å². The number of nitrogens with zero attached hydrogens (tertiary/aromatic N) is 3. The van der Waals surface area contributed by atoms with Gasteiger partial charge in [-0.25, -0.2) is 19.6 Å². The summed E-state index contributed by atoms with van der Waals surface area (Å²) in [5, 5.41) is -0.0120. The number of amides is 2. The normalized spacial score (nSPS) is 11.6. The van der Waals surface area contributed by atoms with Crippen LogP contribution in [0, 0.1) is 0 Å². The second-order valence-electron chi connectivity index (χ2n) is 6.82. The van der Waals surface area contributed by atoms with Crippen molar-refractivity contribution >= 4 is 36.0 Å². The van der Waals surface area contributed by atoms with Crippen molar-refractivity contribution in [3.63, 3.8) is 0 Å². The maximum Gasteiger partial charge on any atom is 0.427 e. The van der Waals surface area contributed by atoms with E-state index in [1.54, 1.807) is 41.5 Å². The zero-order valence-corrected chi connectivity index (χ0v) is 15.2. The second-order valence-corrected chi connectivity index (χ2v) is 7.22. The first-order valence-corrected chi connectivity index (χ1v) is 7.45. The Morgan fingerprint density at radius 2 is 1.54 bits per heavy atom. The van der Waals surface area contributed by atoms with Gasteiger partial charge in [0, 0.05) is 0 Å². The van der Waals surface area contributed by atoms with Gasteiger partial charge in [-0.3, -0.25) is 4.79 Å². The van der Waals surface area contributed by atoms with E-state index >= 15 is 0 Å². The smallest absolute Gasteiger partial charge is 0.427 e. The van der Waals surface area contributed by atoms with E-state index in [4.69, 9.17) is 21.1 Å². The van der Waals surface area contributed by atoms with E-state index in [0.29, 0.717) is 11.2 Å². The zero-order chi connectivity index (χ0) is 18.7. The first-order chi connectivity index (χ1) is 10.8. The van der Waals surface area contributed by atoms with Crippen LogP contribution in [0.3, 0.4) is 0 Å². The summed E-state index contributed by atoms with van der Waals surface area (Å²) in [6.45, 7) is 9.82. The van der Waals surface area contributed by atoms with Gasteiger partial charge in [0.1, 0.15) is 16.9 Å². The molecule has 132 valence electrons. The van der Waals surface area contributed by atoms with Crippen LogP contribution in [-0.2, 0) is 9.47 Å². The van der Waals surface area contributed by atoms with Gasteiger partial charge in [-0.15, -0.1) is 4.90 Å². The van der Waals surface area contributed by atoms with Crippen LogP contribution in [0.1, 0.15) is 52.0 Å². The lowest BCUT2D eigenvalue weighted by molar-refractivity contribution is 0.0426. The summed E-state index contributed by atoms with van der Waals surface area (Å²) in [5.74, 6) is -0.370. The van der Waals surface area contributed by atoms with E-state index in [-0.39, 0.29) is 16.7 Å². The average Bonchev–Trinajstić information content (AvgIpc) is 2.36. The van der Waals surface area contributed by atoms with E-state index in [1.165, 1.54) is 0 Å². The predicted molar refractivity (Wildman–Crippen MR) is 87.4 cm³/mol. The van der Waals surface area contributed by atoms with Crippen molar-refractivity contribution in [1.82, 2.24) is 9.97 Å². The molecule has 0 aliphatic rings. The minimum absolute atomic E-state index is 0.0120. The van der Waals surface area contributed by atoms with E-state index in [0.717, 1.165) is 6.20 Å². The lowest BCUT2D eigenvalue weighted by Gasteiger charge is -2.27. The first-order valence-electron chi connectivity index (χ1n) is 7.08. The third-order valence-electron chi connectivity index (χ3n) is 2.22. The largest absolute Gasteiger partial charge is 0.443 e. The minimum atomic E-state index is -1.03. The van der Waals surface area contributed by atoms with E-state index < -0.39 is 23.4 Å². The van der Waals surface area contributed by atoms with Crippen molar-refractivity contribution in [2.75, 3.05) is 4.90 Å². The summed E-state index contributed by atoms with van der Waals surface area (Å²) in [7, 11) is 0. The minimum Gasteiger partial charge on any atom is -0.443 e. The molecule has 0 aromatic carbocycles. The number of carbonyl (C=O) groups is 3.